The molecule has 0 unspecified atom stereocenters. The summed E-state index contributed by atoms with van der Waals surface area (Å²) in [5, 5.41) is 4.78. The summed E-state index contributed by atoms with van der Waals surface area (Å²) in [6.45, 7) is 4.43. The fraction of sp³-hybridized carbons (Fsp3) is 0.438. The number of hydrogen-bond acceptors (Lipinski definition) is 2. The molecule has 0 radical (unpaired) electrons. The molecule has 1 N–H and O–H groups in total. The van der Waals surface area contributed by atoms with E-state index < -0.39 is 0 Å². The predicted octanol–water partition coefficient (Wildman–Crippen LogP) is 3.26. The molecule has 2 heterocycles. The van der Waals surface area contributed by atoms with E-state index in [2.05, 4.69) is 36.5 Å². The maximum Gasteiger partial charge on any atom is 0.0737 e. The van der Waals surface area contributed by atoms with Crippen LogP contribution >= 0.6 is 0 Å². The van der Waals surface area contributed by atoms with Crippen molar-refractivity contribution in [3.63, 3.8) is 0 Å². The van der Waals surface area contributed by atoms with E-state index in [-0.39, 0.29) is 0 Å². The number of hydrogen-bond donors (Lipinski definition) is 1. The van der Waals surface area contributed by atoms with Gasteiger partial charge in [-0.1, -0.05) is 25.1 Å². The minimum absolute atomic E-state index is 0.627. The minimum atomic E-state index is 0.627. The fourth-order valence-electron chi connectivity index (χ4n) is 2.87. The summed E-state index contributed by atoms with van der Waals surface area (Å²) in [7, 11) is 0. The van der Waals surface area contributed by atoms with Gasteiger partial charge >= 0.3 is 0 Å². The van der Waals surface area contributed by atoms with Crippen LogP contribution < -0.4 is 5.32 Å². The first-order valence-corrected chi connectivity index (χ1v) is 6.96. The lowest BCUT2D eigenvalue weighted by Crippen LogP contribution is -2.28. The summed E-state index contributed by atoms with van der Waals surface area (Å²) < 4.78 is 0. The quantitative estimate of drug-likeness (QED) is 0.871. The van der Waals surface area contributed by atoms with Crippen LogP contribution in [0.4, 0.5) is 0 Å². The molecule has 0 saturated carbocycles. The molecule has 0 amide bonds. The smallest absolute Gasteiger partial charge is 0.0737 e. The number of benzene rings is 1. The highest BCUT2D eigenvalue weighted by Crippen LogP contribution is 2.29. The van der Waals surface area contributed by atoms with Gasteiger partial charge in [-0.2, -0.15) is 0 Å². The van der Waals surface area contributed by atoms with Gasteiger partial charge in [-0.3, -0.25) is 4.98 Å². The number of para-hydroxylation sites is 1. The molecule has 1 aromatic carbocycles. The predicted molar refractivity (Wildman–Crippen MR) is 76.0 cm³/mol. The van der Waals surface area contributed by atoms with Crippen LogP contribution in [-0.4, -0.2) is 18.1 Å². The van der Waals surface area contributed by atoms with Gasteiger partial charge in [0.2, 0.25) is 0 Å². The largest absolute Gasteiger partial charge is 0.316 e. The molecule has 2 nitrogen and oxygen atoms in total. The Bertz CT molecular complexity index is 542. The van der Waals surface area contributed by atoms with Crippen LogP contribution in [0.5, 0.6) is 0 Å². The zero-order valence-corrected chi connectivity index (χ0v) is 10.9. The van der Waals surface area contributed by atoms with Crippen molar-refractivity contribution in [3.05, 3.63) is 41.6 Å². The Morgan fingerprint density at radius 1 is 1.39 bits per heavy atom. The van der Waals surface area contributed by atoms with Gasteiger partial charge in [0.05, 0.1) is 5.52 Å². The monoisotopic (exact) mass is 240 g/mol. The topological polar surface area (TPSA) is 24.9 Å². The molecular formula is C16H20N2. The van der Waals surface area contributed by atoms with Crippen molar-refractivity contribution in [2.75, 3.05) is 13.1 Å². The summed E-state index contributed by atoms with van der Waals surface area (Å²) in [6.07, 6.45) is 5.64. The van der Waals surface area contributed by atoms with E-state index in [1.807, 2.05) is 6.20 Å². The number of rotatable bonds is 2. The van der Waals surface area contributed by atoms with E-state index >= 15 is 0 Å². The van der Waals surface area contributed by atoms with E-state index in [1.165, 1.54) is 34.9 Å². The van der Waals surface area contributed by atoms with Crippen LogP contribution in [0.15, 0.2) is 30.5 Å². The van der Waals surface area contributed by atoms with Crippen molar-refractivity contribution < 1.29 is 0 Å². The highest BCUT2D eigenvalue weighted by atomic mass is 14.9. The molecule has 2 aromatic rings. The van der Waals surface area contributed by atoms with Gasteiger partial charge in [0.15, 0.2) is 0 Å². The second-order valence-corrected chi connectivity index (χ2v) is 5.16. The zero-order chi connectivity index (χ0) is 12.4. The Morgan fingerprint density at radius 2 is 2.33 bits per heavy atom. The summed E-state index contributed by atoms with van der Waals surface area (Å²) in [5.74, 6) is 0.627. The van der Waals surface area contributed by atoms with Gasteiger partial charge in [-0.05, 0) is 48.9 Å². The molecule has 18 heavy (non-hydrogen) atoms. The van der Waals surface area contributed by atoms with Crippen LogP contribution in [0.1, 0.15) is 36.8 Å². The van der Waals surface area contributed by atoms with E-state index in [9.17, 15) is 0 Å². The number of nitrogens with one attached hydrogen (secondary N) is 1. The van der Waals surface area contributed by atoms with Gasteiger partial charge in [0.25, 0.3) is 0 Å². The molecule has 1 saturated heterocycles. The van der Waals surface area contributed by atoms with Crippen LogP contribution in [0.3, 0.4) is 0 Å². The zero-order valence-electron chi connectivity index (χ0n) is 10.9. The van der Waals surface area contributed by atoms with Crippen molar-refractivity contribution in [3.8, 4) is 0 Å². The van der Waals surface area contributed by atoms with Crippen molar-refractivity contribution in [2.24, 2.45) is 0 Å². The molecule has 1 aliphatic rings. The number of pyridine rings is 1. The number of nitrogens with zero attached hydrogens (tertiary/aromatic N) is 1. The Hall–Kier alpha value is -1.41. The Kier molecular flexibility index (Phi) is 3.28. The summed E-state index contributed by atoms with van der Waals surface area (Å²) in [4.78, 5) is 4.70. The highest BCUT2D eigenvalue weighted by Gasteiger charge is 2.17. The third-order valence-electron chi connectivity index (χ3n) is 3.94. The molecular weight excluding hydrogens is 220 g/mol. The van der Waals surface area contributed by atoms with E-state index in [0.717, 1.165) is 19.5 Å². The van der Waals surface area contributed by atoms with Gasteiger partial charge < -0.3 is 5.32 Å². The standard InChI is InChI=1S/C16H20N2/c1-2-12-9-13-5-3-7-15(16(13)18-10-12)14-6-4-8-17-11-14/h3,5,7,9-10,14,17H,2,4,6,8,11H2,1H3/t14-/m0/s1. The molecule has 1 aliphatic heterocycles. The number of piperidine rings is 1. The second kappa shape index (κ2) is 5.07. The van der Waals surface area contributed by atoms with Crippen LogP contribution in [-0.2, 0) is 6.42 Å². The Labute approximate surface area is 108 Å². The second-order valence-electron chi connectivity index (χ2n) is 5.16. The summed E-state index contributed by atoms with van der Waals surface area (Å²) in [6, 6.07) is 8.88. The SMILES string of the molecule is CCc1cnc2c([C@H]3CCCNC3)cccc2c1. The lowest BCUT2D eigenvalue weighted by atomic mass is 9.90. The van der Waals surface area contributed by atoms with Crippen molar-refractivity contribution in [1.29, 1.82) is 0 Å². The van der Waals surface area contributed by atoms with Crippen LogP contribution in [0.2, 0.25) is 0 Å². The number of aromatic nitrogens is 1. The van der Waals surface area contributed by atoms with Gasteiger partial charge in [-0.15, -0.1) is 0 Å². The first-order valence-electron chi connectivity index (χ1n) is 6.96. The third kappa shape index (κ3) is 2.13. The van der Waals surface area contributed by atoms with Gasteiger partial charge in [0.1, 0.15) is 0 Å². The van der Waals surface area contributed by atoms with Crippen molar-refractivity contribution >= 4 is 10.9 Å². The highest BCUT2D eigenvalue weighted by molar-refractivity contribution is 5.82. The number of fused-ring (bicyclic) bond motifs is 1. The third-order valence-corrected chi connectivity index (χ3v) is 3.94. The van der Waals surface area contributed by atoms with Crippen LogP contribution in [0, 0.1) is 0 Å². The lowest BCUT2D eigenvalue weighted by Gasteiger charge is -2.24. The molecule has 0 aliphatic carbocycles. The first-order chi connectivity index (χ1) is 8.88. The molecule has 0 spiro atoms. The van der Waals surface area contributed by atoms with Gasteiger partial charge in [0, 0.05) is 18.1 Å². The van der Waals surface area contributed by atoms with E-state index in [0.29, 0.717) is 5.92 Å². The molecule has 0 bridgehead atoms. The van der Waals surface area contributed by atoms with Crippen LogP contribution in [0.25, 0.3) is 10.9 Å². The number of aryl methyl sites for hydroxylation is 1. The molecule has 1 fully saturated rings. The fourth-order valence-corrected chi connectivity index (χ4v) is 2.87. The molecule has 2 heteroatoms. The van der Waals surface area contributed by atoms with E-state index in [4.69, 9.17) is 4.98 Å². The maximum atomic E-state index is 4.70. The summed E-state index contributed by atoms with van der Waals surface area (Å²) in [5.41, 5.74) is 3.94. The normalized spacial score (nSPS) is 20.2. The van der Waals surface area contributed by atoms with Crippen molar-refractivity contribution in [1.82, 2.24) is 10.3 Å². The average molecular weight is 240 g/mol. The first kappa shape index (κ1) is 11.7. The minimum Gasteiger partial charge on any atom is -0.316 e. The molecule has 1 atom stereocenters. The Morgan fingerprint density at radius 3 is 3.11 bits per heavy atom. The van der Waals surface area contributed by atoms with Gasteiger partial charge in [-0.25, -0.2) is 0 Å². The maximum absolute atomic E-state index is 4.70. The molecule has 94 valence electrons. The molecule has 3 rings (SSSR count). The van der Waals surface area contributed by atoms with Crippen molar-refractivity contribution in [2.45, 2.75) is 32.1 Å². The summed E-state index contributed by atoms with van der Waals surface area (Å²) >= 11 is 0. The Balaban J connectivity index is 2.05. The molecule has 1 aromatic heterocycles. The average Bonchev–Trinajstić information content (AvgIpc) is 2.47. The lowest BCUT2D eigenvalue weighted by molar-refractivity contribution is 0.463. The van der Waals surface area contributed by atoms with E-state index in [1.54, 1.807) is 0 Å².